The third-order valence-electron chi connectivity index (χ3n) is 6.37. The zero-order valence-corrected chi connectivity index (χ0v) is 26.8. The van der Waals surface area contributed by atoms with Gasteiger partial charge in [-0.1, -0.05) is 0 Å². The van der Waals surface area contributed by atoms with Gasteiger partial charge in [-0.15, -0.1) is 0 Å². The van der Waals surface area contributed by atoms with Gasteiger partial charge in [-0.3, -0.25) is 4.79 Å². The first kappa shape index (κ1) is 37.0. The second-order valence-corrected chi connectivity index (χ2v) is 12.4. The summed E-state index contributed by atoms with van der Waals surface area (Å²) in [6, 6.07) is 0. The van der Waals surface area contributed by atoms with E-state index >= 15 is 0 Å². The molecule has 12 nitrogen and oxygen atoms in total. The number of methoxy groups -OCH3 is 2. The predicted octanol–water partition coefficient (Wildman–Crippen LogP) is 4.55. The number of carbonyl (C=O) groups excluding carboxylic acids is 4. The monoisotopic (exact) mass is 600 g/mol. The van der Waals surface area contributed by atoms with Crippen LogP contribution in [0.5, 0.6) is 0 Å². The van der Waals surface area contributed by atoms with E-state index in [1.165, 1.54) is 26.6 Å². The Morgan fingerprint density at radius 1 is 0.738 bits per heavy atom. The molecule has 12 heteroatoms. The lowest BCUT2D eigenvalue weighted by Crippen LogP contribution is -2.35. The molecule has 2 rings (SSSR count). The van der Waals surface area contributed by atoms with E-state index in [9.17, 15) is 19.2 Å². The summed E-state index contributed by atoms with van der Waals surface area (Å²) in [5, 5.41) is 0. The average molecular weight is 601 g/mol. The highest BCUT2D eigenvalue weighted by Gasteiger charge is 2.30. The van der Waals surface area contributed by atoms with Gasteiger partial charge in [-0.25, -0.2) is 14.4 Å². The van der Waals surface area contributed by atoms with Gasteiger partial charge < -0.3 is 38.2 Å². The molecular weight excluding hydrogens is 548 g/mol. The van der Waals surface area contributed by atoms with E-state index < -0.39 is 17.2 Å². The Kier molecular flexibility index (Phi) is 16.3. The quantitative estimate of drug-likeness (QED) is 0.109. The maximum Gasteiger partial charge on any atom is 0.410 e. The van der Waals surface area contributed by atoms with Gasteiger partial charge in [0.1, 0.15) is 11.2 Å². The van der Waals surface area contributed by atoms with Gasteiger partial charge >= 0.3 is 24.1 Å². The molecule has 0 unspecified atom stereocenters. The maximum atomic E-state index is 11.9. The van der Waals surface area contributed by atoms with E-state index in [0.717, 1.165) is 45.3 Å². The molecule has 42 heavy (non-hydrogen) atoms. The van der Waals surface area contributed by atoms with Crippen LogP contribution in [0.15, 0.2) is 12.3 Å². The maximum absolute atomic E-state index is 11.9. The Hall–Kier alpha value is -3.02. The number of ether oxygens (including phenoxy) is 6. The molecule has 2 atom stereocenters. The Morgan fingerprint density at radius 2 is 1.24 bits per heavy atom. The first-order valence-electron chi connectivity index (χ1n) is 14.6. The minimum Gasteiger partial charge on any atom is -0.501 e. The van der Waals surface area contributed by atoms with Crippen LogP contribution in [0.2, 0.25) is 0 Å². The second-order valence-electron chi connectivity index (χ2n) is 12.4. The molecule has 242 valence electrons. The number of esters is 2. The highest BCUT2D eigenvalue weighted by molar-refractivity contribution is 5.81. The first-order chi connectivity index (χ1) is 19.6. The third kappa shape index (κ3) is 17.1. The van der Waals surface area contributed by atoms with Gasteiger partial charge in [0.25, 0.3) is 0 Å². The summed E-state index contributed by atoms with van der Waals surface area (Å²) in [6.07, 6.45) is 6.01. The van der Waals surface area contributed by atoms with E-state index in [1.54, 1.807) is 9.80 Å². The molecule has 2 amide bonds. The van der Waals surface area contributed by atoms with Gasteiger partial charge in [0, 0.05) is 32.8 Å². The van der Waals surface area contributed by atoms with Crippen molar-refractivity contribution in [3.8, 4) is 0 Å². The zero-order chi connectivity index (χ0) is 31.8. The summed E-state index contributed by atoms with van der Waals surface area (Å²) in [6.45, 7) is 15.6. The Morgan fingerprint density at radius 3 is 1.69 bits per heavy atom. The molecule has 0 aromatic rings. The minimum absolute atomic E-state index is 0.239. The van der Waals surface area contributed by atoms with Gasteiger partial charge in [0.05, 0.1) is 46.2 Å². The Labute approximate surface area is 250 Å². The van der Waals surface area contributed by atoms with Crippen molar-refractivity contribution in [2.45, 2.75) is 84.8 Å². The molecule has 2 aliphatic heterocycles. The van der Waals surface area contributed by atoms with E-state index in [2.05, 4.69) is 9.47 Å². The molecule has 0 radical (unpaired) electrons. The van der Waals surface area contributed by atoms with E-state index in [-0.39, 0.29) is 24.6 Å². The van der Waals surface area contributed by atoms with Crippen LogP contribution in [0.3, 0.4) is 0 Å². The fourth-order valence-electron chi connectivity index (χ4n) is 4.21. The van der Waals surface area contributed by atoms with Crippen molar-refractivity contribution < 1.29 is 47.6 Å². The number of carbonyl (C=O) groups is 4. The Bertz CT molecular complexity index is 878. The number of rotatable bonds is 11. The standard InChI is InChI=1S/C15H27NO5.C15H25NO5/c2*1-15(2,3)21-14(18)16-8-5-12(11-16)6-9-20-10-7-13(17)19-4/h12H,5-11H2,1-4H3;7,10,12H,5-6,8-9,11H2,1-4H3/t2*12-/m00/s1. The van der Waals surface area contributed by atoms with Crippen LogP contribution in [-0.2, 0) is 38.0 Å². The number of amides is 2. The van der Waals surface area contributed by atoms with Crippen LogP contribution in [0, 0.1) is 11.8 Å². The van der Waals surface area contributed by atoms with Crippen LogP contribution < -0.4 is 0 Å². The summed E-state index contributed by atoms with van der Waals surface area (Å²) in [5.41, 5.74) is -0.914. The number of hydrogen-bond donors (Lipinski definition) is 0. The fraction of sp³-hybridized carbons (Fsp3) is 0.800. The molecule has 0 aliphatic carbocycles. The average Bonchev–Trinajstić information content (AvgIpc) is 3.56. The van der Waals surface area contributed by atoms with Crippen molar-refractivity contribution >= 4 is 24.1 Å². The molecule has 2 aliphatic rings. The number of likely N-dealkylation sites (tertiary alicyclic amines) is 2. The van der Waals surface area contributed by atoms with Gasteiger partial charge in [0.15, 0.2) is 0 Å². The van der Waals surface area contributed by atoms with Crippen LogP contribution in [0.25, 0.3) is 0 Å². The smallest absolute Gasteiger partial charge is 0.410 e. The molecule has 2 heterocycles. The Balaban J connectivity index is 0.000000420. The molecule has 2 saturated heterocycles. The first-order valence-corrected chi connectivity index (χ1v) is 14.6. The lowest BCUT2D eigenvalue weighted by Gasteiger charge is -2.24. The van der Waals surface area contributed by atoms with Gasteiger partial charge in [-0.05, 0) is 79.1 Å². The van der Waals surface area contributed by atoms with Crippen LogP contribution in [-0.4, -0.2) is 105 Å². The molecule has 0 N–H and O–H groups in total. The molecule has 2 fully saturated rings. The highest BCUT2D eigenvalue weighted by Crippen LogP contribution is 2.23. The third-order valence-corrected chi connectivity index (χ3v) is 6.37. The fourth-order valence-corrected chi connectivity index (χ4v) is 4.21. The lowest BCUT2D eigenvalue weighted by molar-refractivity contribution is -0.141. The number of nitrogens with zero attached hydrogens (tertiary/aromatic N) is 2. The number of hydrogen-bond acceptors (Lipinski definition) is 10. The lowest BCUT2D eigenvalue weighted by atomic mass is 10.1. The van der Waals surface area contributed by atoms with Crippen molar-refractivity contribution in [3.05, 3.63) is 12.3 Å². The zero-order valence-electron chi connectivity index (χ0n) is 26.8. The topological polar surface area (TPSA) is 130 Å². The molecule has 0 bridgehead atoms. The SMILES string of the molecule is COC(=O)C=COCC[C@@H]1CCN(C(=O)OC(C)(C)C)C1.COC(=O)CCOCC[C@@H]1CCN(C(=O)OC(C)(C)C)C1. The predicted molar refractivity (Wildman–Crippen MR) is 156 cm³/mol. The molecular formula is C30H52N2O10. The highest BCUT2D eigenvalue weighted by atomic mass is 16.6. The van der Waals surface area contributed by atoms with Crippen molar-refractivity contribution in [2.24, 2.45) is 11.8 Å². The molecule has 0 spiro atoms. The normalized spacial score (nSPS) is 18.8. The van der Waals surface area contributed by atoms with Gasteiger partial charge in [0.2, 0.25) is 0 Å². The largest absolute Gasteiger partial charge is 0.501 e. The minimum atomic E-state index is -0.461. The van der Waals surface area contributed by atoms with Crippen molar-refractivity contribution in [1.82, 2.24) is 9.80 Å². The second kappa shape index (κ2) is 18.5. The van der Waals surface area contributed by atoms with Crippen molar-refractivity contribution in [3.63, 3.8) is 0 Å². The summed E-state index contributed by atoms with van der Waals surface area (Å²) >= 11 is 0. The van der Waals surface area contributed by atoms with E-state index in [0.29, 0.717) is 38.2 Å². The van der Waals surface area contributed by atoms with Gasteiger partial charge in [-0.2, -0.15) is 0 Å². The molecule has 0 aromatic carbocycles. The van der Waals surface area contributed by atoms with Crippen LogP contribution in [0.1, 0.15) is 73.6 Å². The summed E-state index contributed by atoms with van der Waals surface area (Å²) < 4.78 is 30.3. The molecule has 0 saturated carbocycles. The summed E-state index contributed by atoms with van der Waals surface area (Å²) in [5.74, 6) is 0.152. The van der Waals surface area contributed by atoms with Crippen molar-refractivity contribution in [1.29, 1.82) is 0 Å². The molecule has 0 aromatic heterocycles. The van der Waals surface area contributed by atoms with Crippen LogP contribution >= 0.6 is 0 Å². The van der Waals surface area contributed by atoms with E-state index in [1.807, 2.05) is 41.5 Å². The van der Waals surface area contributed by atoms with Crippen molar-refractivity contribution in [2.75, 3.05) is 60.2 Å². The summed E-state index contributed by atoms with van der Waals surface area (Å²) in [4.78, 5) is 49.0. The summed E-state index contributed by atoms with van der Waals surface area (Å²) in [7, 11) is 2.68. The van der Waals surface area contributed by atoms with Crippen LogP contribution in [0.4, 0.5) is 9.59 Å². The van der Waals surface area contributed by atoms with E-state index in [4.69, 9.17) is 18.9 Å².